The molecule has 0 spiro atoms. The molecular weight excluding hydrogens is 245 g/mol. The van der Waals surface area contributed by atoms with E-state index < -0.39 is 12.7 Å². The average Bonchev–Trinajstić information content (AvgIpc) is 2.62. The van der Waals surface area contributed by atoms with Crippen molar-refractivity contribution in [1.82, 2.24) is 15.1 Å². The van der Waals surface area contributed by atoms with E-state index in [4.69, 9.17) is 0 Å². The zero-order chi connectivity index (χ0) is 13.8. The van der Waals surface area contributed by atoms with Crippen molar-refractivity contribution in [3.8, 4) is 0 Å². The Labute approximate surface area is 106 Å². The number of nitrogens with zero attached hydrogens (tertiary/aromatic N) is 3. The maximum Gasteiger partial charge on any atom is 0.401 e. The van der Waals surface area contributed by atoms with E-state index in [1.165, 1.54) is 4.90 Å². The predicted octanol–water partition coefficient (Wildman–Crippen LogP) is 1.15. The number of guanidine groups is 1. The van der Waals surface area contributed by atoms with Gasteiger partial charge in [-0.15, -0.1) is 0 Å². The quantitative estimate of drug-likeness (QED) is 0.614. The van der Waals surface area contributed by atoms with E-state index in [1.54, 1.807) is 0 Å². The standard InChI is InChI=1S/C11H21F3N4/c1-4-15-10(17(2)3)16-9-5-6-18(7-9)8-11(12,13)14/h9H,4-8H2,1-3H3,(H,15,16). The number of alkyl halides is 3. The van der Waals surface area contributed by atoms with E-state index in [1.807, 2.05) is 25.9 Å². The van der Waals surface area contributed by atoms with Crippen molar-refractivity contribution in [2.75, 3.05) is 40.3 Å². The fourth-order valence-electron chi connectivity index (χ4n) is 2.00. The zero-order valence-corrected chi connectivity index (χ0v) is 11.1. The molecule has 0 aromatic rings. The largest absolute Gasteiger partial charge is 0.401 e. The number of aliphatic imine (C=N–C) groups is 1. The van der Waals surface area contributed by atoms with Crippen molar-refractivity contribution in [3.63, 3.8) is 0 Å². The summed E-state index contributed by atoms with van der Waals surface area (Å²) in [6, 6.07) is 0.0417. The van der Waals surface area contributed by atoms with E-state index in [2.05, 4.69) is 10.3 Å². The SMILES string of the molecule is CCN=C(NC1CCN(CC(F)(F)F)C1)N(C)C. The van der Waals surface area contributed by atoms with Gasteiger partial charge in [-0.3, -0.25) is 9.89 Å². The molecule has 1 fully saturated rings. The van der Waals surface area contributed by atoms with Gasteiger partial charge in [-0.25, -0.2) is 0 Å². The molecule has 1 unspecified atom stereocenters. The van der Waals surface area contributed by atoms with Gasteiger partial charge in [0.25, 0.3) is 0 Å². The van der Waals surface area contributed by atoms with Crippen molar-refractivity contribution in [3.05, 3.63) is 0 Å². The molecule has 1 aliphatic rings. The van der Waals surface area contributed by atoms with Gasteiger partial charge in [0.2, 0.25) is 0 Å². The summed E-state index contributed by atoms with van der Waals surface area (Å²) in [4.78, 5) is 7.55. The van der Waals surface area contributed by atoms with Crippen LogP contribution in [0.2, 0.25) is 0 Å². The first-order valence-electron chi connectivity index (χ1n) is 6.09. The molecule has 0 aromatic heterocycles. The molecule has 106 valence electrons. The van der Waals surface area contributed by atoms with Gasteiger partial charge in [-0.1, -0.05) is 0 Å². The molecule has 1 heterocycles. The molecule has 4 nitrogen and oxygen atoms in total. The van der Waals surface area contributed by atoms with Crippen LogP contribution in [0.4, 0.5) is 13.2 Å². The van der Waals surface area contributed by atoms with Gasteiger partial charge in [0.15, 0.2) is 5.96 Å². The normalized spacial score (nSPS) is 22.3. The highest BCUT2D eigenvalue weighted by Crippen LogP contribution is 2.19. The minimum Gasteiger partial charge on any atom is -0.352 e. The van der Waals surface area contributed by atoms with E-state index in [0.29, 0.717) is 26.1 Å². The third-order valence-electron chi connectivity index (χ3n) is 2.74. The molecule has 0 saturated carbocycles. The van der Waals surface area contributed by atoms with Gasteiger partial charge >= 0.3 is 6.18 Å². The molecule has 0 bridgehead atoms. The molecule has 1 atom stereocenters. The molecule has 1 rings (SSSR count). The molecular formula is C11H21F3N4. The first-order chi connectivity index (χ1) is 8.31. The molecule has 1 N–H and O–H groups in total. The van der Waals surface area contributed by atoms with Crippen LogP contribution in [0.1, 0.15) is 13.3 Å². The number of rotatable bonds is 3. The van der Waals surface area contributed by atoms with Gasteiger partial charge in [0, 0.05) is 39.8 Å². The van der Waals surface area contributed by atoms with Crippen molar-refractivity contribution in [2.45, 2.75) is 25.6 Å². The first kappa shape index (κ1) is 15.1. The van der Waals surface area contributed by atoms with E-state index in [9.17, 15) is 13.2 Å². The summed E-state index contributed by atoms with van der Waals surface area (Å²) in [5.41, 5.74) is 0. The highest BCUT2D eigenvalue weighted by molar-refractivity contribution is 5.79. The number of hydrogen-bond donors (Lipinski definition) is 1. The lowest BCUT2D eigenvalue weighted by Crippen LogP contribution is -2.44. The average molecular weight is 266 g/mol. The van der Waals surface area contributed by atoms with Crippen LogP contribution in [0.25, 0.3) is 0 Å². The van der Waals surface area contributed by atoms with Crippen molar-refractivity contribution in [2.24, 2.45) is 4.99 Å². The van der Waals surface area contributed by atoms with Crippen LogP contribution in [0.5, 0.6) is 0 Å². The molecule has 7 heteroatoms. The number of nitrogens with one attached hydrogen (secondary N) is 1. The van der Waals surface area contributed by atoms with Crippen LogP contribution < -0.4 is 5.32 Å². The van der Waals surface area contributed by atoms with Gasteiger partial charge in [-0.2, -0.15) is 13.2 Å². The Balaban J connectivity index is 2.44. The van der Waals surface area contributed by atoms with Crippen molar-refractivity contribution >= 4 is 5.96 Å². The summed E-state index contributed by atoms with van der Waals surface area (Å²) in [5.74, 6) is 0.733. The second-order valence-corrected chi connectivity index (χ2v) is 4.67. The summed E-state index contributed by atoms with van der Waals surface area (Å²) in [6.07, 6.45) is -3.40. The smallest absolute Gasteiger partial charge is 0.352 e. The van der Waals surface area contributed by atoms with Crippen molar-refractivity contribution in [1.29, 1.82) is 0 Å². The highest BCUT2D eigenvalue weighted by atomic mass is 19.4. The van der Waals surface area contributed by atoms with E-state index in [0.717, 1.165) is 5.96 Å². The Morgan fingerprint density at radius 1 is 1.44 bits per heavy atom. The molecule has 0 aliphatic carbocycles. The molecule has 1 saturated heterocycles. The summed E-state index contributed by atoms with van der Waals surface area (Å²) in [6.45, 7) is 2.64. The fourth-order valence-corrected chi connectivity index (χ4v) is 2.00. The van der Waals surface area contributed by atoms with Crippen LogP contribution in [-0.4, -0.2) is 68.3 Å². The summed E-state index contributed by atoms with van der Waals surface area (Å²) >= 11 is 0. The van der Waals surface area contributed by atoms with Gasteiger partial charge < -0.3 is 10.2 Å². The van der Waals surface area contributed by atoms with E-state index >= 15 is 0 Å². The summed E-state index contributed by atoms with van der Waals surface area (Å²) in [5, 5.41) is 3.20. The van der Waals surface area contributed by atoms with Crippen LogP contribution in [-0.2, 0) is 0 Å². The predicted molar refractivity (Wildman–Crippen MR) is 65.7 cm³/mol. The molecule has 1 aliphatic heterocycles. The molecule has 0 amide bonds. The second kappa shape index (κ2) is 6.26. The zero-order valence-electron chi connectivity index (χ0n) is 11.1. The third-order valence-corrected chi connectivity index (χ3v) is 2.74. The maximum absolute atomic E-state index is 12.3. The van der Waals surface area contributed by atoms with Crippen LogP contribution in [0.3, 0.4) is 0 Å². The monoisotopic (exact) mass is 266 g/mol. The van der Waals surface area contributed by atoms with Crippen LogP contribution in [0, 0.1) is 0 Å². The minimum absolute atomic E-state index is 0.0417. The number of halogens is 3. The lowest BCUT2D eigenvalue weighted by atomic mass is 10.3. The second-order valence-electron chi connectivity index (χ2n) is 4.67. The Morgan fingerprint density at radius 2 is 2.11 bits per heavy atom. The third kappa shape index (κ3) is 5.12. The summed E-state index contributed by atoms with van der Waals surface area (Å²) < 4.78 is 36.8. The van der Waals surface area contributed by atoms with Gasteiger partial charge in [0.05, 0.1) is 6.54 Å². The van der Waals surface area contributed by atoms with Crippen LogP contribution in [0.15, 0.2) is 4.99 Å². The molecule has 0 aromatic carbocycles. The lowest BCUT2D eigenvalue weighted by Gasteiger charge is -2.22. The Kier molecular flexibility index (Phi) is 5.25. The molecule has 18 heavy (non-hydrogen) atoms. The Hall–Kier alpha value is -0.980. The Bertz CT molecular complexity index is 289. The topological polar surface area (TPSA) is 30.9 Å². The van der Waals surface area contributed by atoms with Crippen LogP contribution >= 0.6 is 0 Å². The number of likely N-dealkylation sites (tertiary alicyclic amines) is 1. The summed E-state index contributed by atoms with van der Waals surface area (Å²) in [7, 11) is 3.73. The number of hydrogen-bond acceptors (Lipinski definition) is 2. The van der Waals surface area contributed by atoms with Gasteiger partial charge in [-0.05, 0) is 13.3 Å². The fraction of sp³-hybridized carbons (Fsp3) is 0.909. The highest BCUT2D eigenvalue weighted by Gasteiger charge is 2.34. The van der Waals surface area contributed by atoms with Gasteiger partial charge in [0.1, 0.15) is 0 Å². The molecule has 0 radical (unpaired) electrons. The minimum atomic E-state index is -4.11. The maximum atomic E-state index is 12.3. The van der Waals surface area contributed by atoms with E-state index in [-0.39, 0.29) is 6.04 Å². The first-order valence-corrected chi connectivity index (χ1v) is 6.09. The van der Waals surface area contributed by atoms with Crippen molar-refractivity contribution < 1.29 is 13.2 Å². The lowest BCUT2D eigenvalue weighted by molar-refractivity contribution is -0.143. The Morgan fingerprint density at radius 3 is 2.61 bits per heavy atom.